The van der Waals surface area contributed by atoms with Crippen LogP contribution in [0.1, 0.15) is 17.4 Å². The second-order valence-corrected chi connectivity index (χ2v) is 6.51. The summed E-state index contributed by atoms with van der Waals surface area (Å²) in [6.07, 6.45) is 3.41. The first kappa shape index (κ1) is 16.4. The minimum Gasteiger partial charge on any atom is -0.339 e. The van der Waals surface area contributed by atoms with Crippen molar-refractivity contribution in [2.45, 2.75) is 12.8 Å². The number of nitrogens with one attached hydrogen (secondary N) is 1. The van der Waals surface area contributed by atoms with Crippen molar-refractivity contribution in [1.29, 1.82) is 0 Å². The highest BCUT2D eigenvalue weighted by atomic mass is 16.5. The molecule has 132 valence electrons. The standard InChI is InChI=1S/C19H19N5O2/c1-13-4-2-6-16(8-13)21-17(25)12-24-10-15(11-24)19-22-18(23-26-19)14-5-3-7-20-9-14/h2-9,15H,10-12H2,1H3,(H,21,25). The Bertz CT molecular complexity index is 903. The maximum Gasteiger partial charge on any atom is 0.238 e. The highest BCUT2D eigenvalue weighted by Crippen LogP contribution is 2.27. The largest absolute Gasteiger partial charge is 0.339 e. The molecule has 0 unspecified atom stereocenters. The molecule has 0 aliphatic carbocycles. The van der Waals surface area contributed by atoms with E-state index >= 15 is 0 Å². The van der Waals surface area contributed by atoms with Crippen molar-refractivity contribution >= 4 is 11.6 Å². The van der Waals surface area contributed by atoms with Crippen LogP contribution in [0.3, 0.4) is 0 Å². The van der Waals surface area contributed by atoms with Gasteiger partial charge in [0, 0.05) is 36.7 Å². The number of hydrogen-bond donors (Lipinski definition) is 1. The number of rotatable bonds is 5. The molecule has 1 fully saturated rings. The third-order valence-corrected chi connectivity index (χ3v) is 4.34. The fourth-order valence-corrected chi connectivity index (χ4v) is 2.99. The van der Waals surface area contributed by atoms with E-state index in [1.807, 2.05) is 43.3 Å². The van der Waals surface area contributed by atoms with Gasteiger partial charge in [0.05, 0.1) is 12.5 Å². The van der Waals surface area contributed by atoms with E-state index in [2.05, 4.69) is 25.3 Å². The Labute approximate surface area is 151 Å². The zero-order valence-corrected chi connectivity index (χ0v) is 14.4. The van der Waals surface area contributed by atoms with Gasteiger partial charge in [-0.1, -0.05) is 17.3 Å². The van der Waals surface area contributed by atoms with E-state index in [0.717, 1.165) is 29.9 Å². The molecule has 0 saturated carbocycles. The summed E-state index contributed by atoms with van der Waals surface area (Å²) in [4.78, 5) is 22.7. The maximum atomic E-state index is 12.1. The smallest absolute Gasteiger partial charge is 0.238 e. The van der Waals surface area contributed by atoms with Gasteiger partial charge in [-0.3, -0.25) is 14.7 Å². The van der Waals surface area contributed by atoms with Gasteiger partial charge in [-0.15, -0.1) is 0 Å². The van der Waals surface area contributed by atoms with E-state index in [1.54, 1.807) is 12.4 Å². The van der Waals surface area contributed by atoms with Crippen molar-refractivity contribution in [1.82, 2.24) is 20.0 Å². The summed E-state index contributed by atoms with van der Waals surface area (Å²) in [6.45, 7) is 3.82. The van der Waals surface area contributed by atoms with E-state index < -0.39 is 0 Å². The minimum absolute atomic E-state index is 0.0179. The molecule has 0 atom stereocenters. The summed E-state index contributed by atoms with van der Waals surface area (Å²) in [5.41, 5.74) is 2.77. The number of carbonyl (C=O) groups is 1. The summed E-state index contributed by atoms with van der Waals surface area (Å²) in [5.74, 6) is 1.30. The first-order chi connectivity index (χ1) is 12.7. The van der Waals surface area contributed by atoms with E-state index in [4.69, 9.17) is 4.52 Å². The van der Waals surface area contributed by atoms with E-state index in [-0.39, 0.29) is 11.8 Å². The van der Waals surface area contributed by atoms with E-state index in [0.29, 0.717) is 18.3 Å². The number of amides is 1. The zero-order chi connectivity index (χ0) is 17.9. The highest BCUT2D eigenvalue weighted by Gasteiger charge is 2.33. The Balaban J connectivity index is 1.29. The van der Waals surface area contributed by atoms with Crippen LogP contribution in [0.4, 0.5) is 5.69 Å². The molecule has 1 aliphatic rings. The monoisotopic (exact) mass is 349 g/mol. The van der Waals surface area contributed by atoms with Gasteiger partial charge in [0.1, 0.15) is 0 Å². The van der Waals surface area contributed by atoms with Crippen molar-refractivity contribution in [2.24, 2.45) is 0 Å². The molecular formula is C19H19N5O2. The summed E-state index contributed by atoms with van der Waals surface area (Å²) in [6, 6.07) is 11.5. The van der Waals surface area contributed by atoms with Gasteiger partial charge < -0.3 is 9.84 Å². The number of benzene rings is 1. The number of anilines is 1. The zero-order valence-electron chi connectivity index (χ0n) is 14.4. The predicted molar refractivity (Wildman–Crippen MR) is 96.5 cm³/mol. The van der Waals surface area contributed by atoms with E-state index in [9.17, 15) is 4.79 Å². The first-order valence-corrected chi connectivity index (χ1v) is 8.50. The lowest BCUT2D eigenvalue weighted by atomic mass is 10.0. The first-order valence-electron chi connectivity index (χ1n) is 8.50. The average Bonchev–Trinajstić information content (AvgIpc) is 3.08. The molecule has 7 heteroatoms. The molecule has 0 bridgehead atoms. The summed E-state index contributed by atoms with van der Waals surface area (Å²) < 4.78 is 5.37. The molecule has 2 aromatic heterocycles. The van der Waals surface area contributed by atoms with Crippen LogP contribution in [0.5, 0.6) is 0 Å². The molecule has 1 aliphatic heterocycles. The minimum atomic E-state index is -0.0179. The molecule has 0 spiro atoms. The van der Waals surface area contributed by atoms with Crippen molar-refractivity contribution in [2.75, 3.05) is 25.0 Å². The summed E-state index contributed by atoms with van der Waals surface area (Å²) >= 11 is 0. The number of aryl methyl sites for hydroxylation is 1. The van der Waals surface area contributed by atoms with Crippen LogP contribution in [-0.2, 0) is 4.79 Å². The molecule has 1 N–H and O–H groups in total. The number of pyridine rings is 1. The molecule has 0 radical (unpaired) electrons. The quantitative estimate of drug-likeness (QED) is 0.762. The highest BCUT2D eigenvalue weighted by molar-refractivity contribution is 5.92. The Morgan fingerprint density at radius 1 is 1.31 bits per heavy atom. The predicted octanol–water partition coefficient (Wildman–Crippen LogP) is 2.48. The van der Waals surface area contributed by atoms with Crippen LogP contribution >= 0.6 is 0 Å². The second kappa shape index (κ2) is 7.05. The number of aromatic nitrogens is 3. The molecule has 3 heterocycles. The van der Waals surface area contributed by atoms with E-state index in [1.165, 1.54) is 0 Å². The topological polar surface area (TPSA) is 84.2 Å². The molecule has 7 nitrogen and oxygen atoms in total. The number of likely N-dealkylation sites (tertiary alicyclic amines) is 1. The Morgan fingerprint density at radius 2 is 2.19 bits per heavy atom. The van der Waals surface area contributed by atoms with Crippen molar-refractivity contribution < 1.29 is 9.32 Å². The van der Waals surface area contributed by atoms with Gasteiger partial charge in [-0.25, -0.2) is 0 Å². The van der Waals surface area contributed by atoms with Gasteiger partial charge in [-0.2, -0.15) is 4.98 Å². The lowest BCUT2D eigenvalue weighted by Gasteiger charge is -2.36. The van der Waals surface area contributed by atoms with Crippen LogP contribution < -0.4 is 5.32 Å². The van der Waals surface area contributed by atoms with Crippen LogP contribution in [0, 0.1) is 6.92 Å². The fraction of sp³-hybridized carbons (Fsp3) is 0.263. The van der Waals surface area contributed by atoms with Gasteiger partial charge in [0.2, 0.25) is 17.6 Å². The van der Waals surface area contributed by atoms with Gasteiger partial charge >= 0.3 is 0 Å². The van der Waals surface area contributed by atoms with Crippen molar-refractivity contribution in [3.05, 3.63) is 60.2 Å². The van der Waals surface area contributed by atoms with Crippen LogP contribution in [-0.4, -0.2) is 45.6 Å². The lowest BCUT2D eigenvalue weighted by molar-refractivity contribution is -0.118. The lowest BCUT2D eigenvalue weighted by Crippen LogP contribution is -2.48. The Morgan fingerprint density at radius 3 is 2.96 bits per heavy atom. The molecular weight excluding hydrogens is 330 g/mol. The normalized spacial score (nSPS) is 14.8. The third kappa shape index (κ3) is 3.62. The second-order valence-electron chi connectivity index (χ2n) is 6.51. The number of carbonyl (C=O) groups excluding carboxylic acids is 1. The van der Waals surface area contributed by atoms with Crippen molar-refractivity contribution in [3.8, 4) is 11.4 Å². The Hall–Kier alpha value is -3.06. The maximum absolute atomic E-state index is 12.1. The SMILES string of the molecule is Cc1cccc(NC(=O)CN2CC(c3nc(-c4cccnc4)no3)C2)c1. The third-order valence-electron chi connectivity index (χ3n) is 4.34. The van der Waals surface area contributed by atoms with Crippen LogP contribution in [0.2, 0.25) is 0 Å². The average molecular weight is 349 g/mol. The summed E-state index contributed by atoms with van der Waals surface area (Å²) in [5, 5.41) is 6.94. The van der Waals surface area contributed by atoms with Crippen molar-refractivity contribution in [3.63, 3.8) is 0 Å². The molecule has 1 aromatic carbocycles. The molecule has 1 amide bonds. The van der Waals surface area contributed by atoms with Gasteiger partial charge in [-0.05, 0) is 36.8 Å². The fourth-order valence-electron chi connectivity index (χ4n) is 2.99. The molecule has 1 saturated heterocycles. The number of hydrogen-bond acceptors (Lipinski definition) is 6. The van der Waals surface area contributed by atoms with Crippen LogP contribution in [0.25, 0.3) is 11.4 Å². The molecule has 4 rings (SSSR count). The van der Waals surface area contributed by atoms with Gasteiger partial charge in [0.25, 0.3) is 0 Å². The summed E-state index contributed by atoms with van der Waals surface area (Å²) in [7, 11) is 0. The molecule has 26 heavy (non-hydrogen) atoms. The Kier molecular flexibility index (Phi) is 4.45. The molecule has 3 aromatic rings. The number of nitrogens with zero attached hydrogens (tertiary/aromatic N) is 4. The van der Waals surface area contributed by atoms with Crippen LogP contribution in [0.15, 0.2) is 53.3 Å². The van der Waals surface area contributed by atoms with Gasteiger partial charge in [0.15, 0.2) is 0 Å².